The Labute approximate surface area is 258 Å². The molecular formula is C36H55FN2O4. The van der Waals surface area contributed by atoms with Crippen LogP contribution in [0.25, 0.3) is 0 Å². The lowest BCUT2D eigenvalue weighted by molar-refractivity contribution is -0.159. The van der Waals surface area contributed by atoms with Crippen LogP contribution in [-0.4, -0.2) is 47.6 Å². The molecule has 1 aromatic carbocycles. The lowest BCUT2D eigenvalue weighted by atomic mass is 9.44. The highest BCUT2D eigenvalue weighted by Crippen LogP contribution is 2.68. The van der Waals surface area contributed by atoms with Gasteiger partial charge in [0.2, 0.25) is 5.91 Å². The van der Waals surface area contributed by atoms with Gasteiger partial charge in [0.15, 0.2) is 11.6 Å². The lowest BCUT2D eigenvalue weighted by Crippen LogP contribution is -2.59. The molecule has 5 rings (SSSR count). The van der Waals surface area contributed by atoms with Crippen molar-refractivity contribution in [3.8, 4) is 5.75 Å². The van der Waals surface area contributed by atoms with Crippen molar-refractivity contribution >= 4 is 11.9 Å². The van der Waals surface area contributed by atoms with Crippen LogP contribution in [-0.2, 0) is 20.7 Å². The summed E-state index contributed by atoms with van der Waals surface area (Å²) in [5, 5.41) is 9.66. The Hall–Kier alpha value is -2.15. The normalized spacial score (nSPS) is 36.5. The molecule has 240 valence electrons. The average molecular weight is 599 g/mol. The molecule has 5 unspecified atom stereocenters. The molecule has 43 heavy (non-hydrogen) atoms. The van der Waals surface area contributed by atoms with Gasteiger partial charge in [0.1, 0.15) is 6.04 Å². The Kier molecular flexibility index (Phi) is 9.52. The first-order valence-electron chi connectivity index (χ1n) is 17.0. The number of hydrogen-bond donors (Lipinski definition) is 2. The molecule has 0 radical (unpaired) electrons. The Morgan fingerprint density at radius 2 is 1.81 bits per heavy atom. The fourth-order valence-electron chi connectivity index (χ4n) is 11.2. The number of methoxy groups -OCH3 is 1. The van der Waals surface area contributed by atoms with Crippen LogP contribution < -0.4 is 5.73 Å². The predicted molar refractivity (Wildman–Crippen MR) is 167 cm³/mol. The molecule has 0 bridgehead atoms. The molecular weight excluding hydrogens is 543 g/mol. The minimum absolute atomic E-state index is 0.108. The monoisotopic (exact) mass is 598 g/mol. The zero-order chi connectivity index (χ0) is 31.1. The van der Waals surface area contributed by atoms with E-state index in [-0.39, 0.29) is 30.3 Å². The lowest BCUT2D eigenvalue weighted by Gasteiger charge is -2.62. The number of phenols is 1. The molecule has 0 spiro atoms. The third-order valence-electron chi connectivity index (χ3n) is 13.2. The molecule has 1 amide bonds. The maximum absolute atomic E-state index is 14.2. The summed E-state index contributed by atoms with van der Waals surface area (Å²) in [6, 6.07) is 3.09. The molecule has 4 fully saturated rings. The number of phenolic OH excluding ortho intramolecular Hbond substituents is 1. The number of nitrogens with zero attached hydrogens (tertiary/aromatic N) is 1. The van der Waals surface area contributed by atoms with Crippen LogP contribution in [0.1, 0.15) is 104 Å². The summed E-state index contributed by atoms with van der Waals surface area (Å²) in [5.74, 6) is 2.52. The smallest absolute Gasteiger partial charge is 0.328 e. The first kappa shape index (κ1) is 32.2. The summed E-state index contributed by atoms with van der Waals surface area (Å²) in [6.07, 6.45) is 13.3. The van der Waals surface area contributed by atoms with Crippen molar-refractivity contribution in [2.24, 2.45) is 52.1 Å². The number of aromatic hydroxyl groups is 1. The Morgan fingerprint density at radius 3 is 2.49 bits per heavy atom. The first-order valence-corrected chi connectivity index (χ1v) is 17.0. The van der Waals surface area contributed by atoms with Crippen LogP contribution in [0.4, 0.5) is 4.39 Å². The van der Waals surface area contributed by atoms with Crippen molar-refractivity contribution in [3.63, 3.8) is 0 Å². The van der Waals surface area contributed by atoms with Gasteiger partial charge in [0, 0.05) is 12.5 Å². The maximum atomic E-state index is 14.2. The van der Waals surface area contributed by atoms with E-state index >= 15 is 0 Å². The fourth-order valence-corrected chi connectivity index (χ4v) is 11.2. The van der Waals surface area contributed by atoms with E-state index in [1.54, 1.807) is 11.0 Å². The summed E-state index contributed by atoms with van der Waals surface area (Å²) >= 11 is 0. The zero-order valence-corrected chi connectivity index (χ0v) is 27.1. The number of rotatable bonds is 9. The molecule has 4 aliphatic rings. The van der Waals surface area contributed by atoms with E-state index in [2.05, 4.69) is 27.7 Å². The molecule has 10 atom stereocenters. The van der Waals surface area contributed by atoms with Crippen molar-refractivity contribution in [1.82, 2.24) is 4.90 Å². The van der Waals surface area contributed by atoms with E-state index in [0.717, 1.165) is 48.9 Å². The summed E-state index contributed by atoms with van der Waals surface area (Å²) in [7, 11) is 1.32. The van der Waals surface area contributed by atoms with Gasteiger partial charge in [-0.3, -0.25) is 4.79 Å². The topological polar surface area (TPSA) is 92.9 Å². The van der Waals surface area contributed by atoms with Gasteiger partial charge in [0.25, 0.3) is 0 Å². The number of esters is 1. The van der Waals surface area contributed by atoms with Crippen molar-refractivity contribution in [2.75, 3.05) is 13.7 Å². The van der Waals surface area contributed by atoms with Gasteiger partial charge in [-0.25, -0.2) is 9.18 Å². The summed E-state index contributed by atoms with van der Waals surface area (Å²) < 4.78 is 19.4. The number of carbonyl (C=O) groups is 2. The Balaban J connectivity index is 1.35. The van der Waals surface area contributed by atoms with Gasteiger partial charge < -0.3 is 20.5 Å². The molecule has 7 heteroatoms. The second-order valence-corrected chi connectivity index (χ2v) is 15.1. The number of benzene rings is 1. The average Bonchev–Trinajstić information content (AvgIpc) is 3.35. The number of halogens is 1. The minimum atomic E-state index is -0.897. The van der Waals surface area contributed by atoms with Crippen molar-refractivity contribution in [3.05, 3.63) is 29.6 Å². The van der Waals surface area contributed by atoms with Crippen LogP contribution in [0.5, 0.6) is 5.75 Å². The predicted octanol–water partition coefficient (Wildman–Crippen LogP) is 6.87. The maximum Gasteiger partial charge on any atom is 0.328 e. The molecule has 0 aromatic heterocycles. The van der Waals surface area contributed by atoms with Crippen molar-refractivity contribution in [1.29, 1.82) is 0 Å². The Bertz CT molecular complexity index is 1180. The molecule has 6 nitrogen and oxygen atoms in total. The molecule has 0 saturated heterocycles. The van der Waals surface area contributed by atoms with E-state index < -0.39 is 23.6 Å². The van der Waals surface area contributed by atoms with E-state index in [9.17, 15) is 19.1 Å². The van der Waals surface area contributed by atoms with E-state index in [1.165, 1.54) is 70.6 Å². The number of nitrogens with two attached hydrogens (primary N) is 1. The first-order chi connectivity index (χ1) is 20.5. The van der Waals surface area contributed by atoms with Crippen molar-refractivity contribution in [2.45, 2.75) is 117 Å². The third-order valence-corrected chi connectivity index (χ3v) is 13.2. The van der Waals surface area contributed by atoms with Crippen LogP contribution in [0.3, 0.4) is 0 Å². The number of ether oxygens (including phenoxy) is 1. The van der Waals surface area contributed by atoms with Gasteiger partial charge in [-0.2, -0.15) is 0 Å². The molecule has 0 heterocycles. The third kappa shape index (κ3) is 5.73. The van der Waals surface area contributed by atoms with Crippen LogP contribution in [0, 0.1) is 52.2 Å². The van der Waals surface area contributed by atoms with Gasteiger partial charge in [-0.15, -0.1) is 0 Å². The number of carbonyl (C=O) groups excluding carboxylic acids is 2. The van der Waals surface area contributed by atoms with E-state index in [1.807, 2.05) is 0 Å². The summed E-state index contributed by atoms with van der Waals surface area (Å²) in [4.78, 5) is 28.3. The molecule has 0 aliphatic heterocycles. The van der Waals surface area contributed by atoms with Crippen LogP contribution in [0.2, 0.25) is 0 Å². The molecule has 4 saturated carbocycles. The van der Waals surface area contributed by atoms with Crippen molar-refractivity contribution < 1.29 is 23.8 Å². The van der Waals surface area contributed by atoms with Crippen LogP contribution in [0.15, 0.2) is 18.2 Å². The largest absolute Gasteiger partial charge is 0.505 e. The molecule has 1 aromatic rings. The SMILES string of the molecule is CCC[C@@H](C)[C@H]1CCC2C3CCC4CC(N(C(=O)CN)[C@@H](Cc5ccc(O)c(F)c5)C(=O)OC)CC[C@]4(C)C3CC[C@@]21C. The zero-order valence-electron chi connectivity index (χ0n) is 27.1. The fraction of sp³-hybridized carbons (Fsp3) is 0.778. The number of hydrogen-bond acceptors (Lipinski definition) is 5. The summed E-state index contributed by atoms with van der Waals surface area (Å²) in [6.45, 7) is 9.79. The van der Waals surface area contributed by atoms with Crippen LogP contribution >= 0.6 is 0 Å². The second kappa shape index (κ2) is 12.7. The highest BCUT2D eigenvalue weighted by molar-refractivity contribution is 5.86. The highest BCUT2D eigenvalue weighted by Gasteiger charge is 2.61. The Morgan fingerprint density at radius 1 is 1.09 bits per heavy atom. The standard InChI is InChI=1S/C36H55FN2O4/c1-6-7-22(2)27-11-12-28-26-10-9-24-20-25(14-16-35(24,3)29(26)15-17-36(27,28)4)39(33(41)21-38)31(34(42)43-5)19-23-8-13-32(40)30(37)18-23/h8,13,18,22,24-29,31,40H,6-7,9-12,14-17,19-21,38H2,1-5H3/t22-,24?,25?,26?,27-,28?,29?,31+,35+,36-/m1/s1. The molecule has 4 aliphatic carbocycles. The number of fused-ring (bicyclic) bond motifs is 5. The summed E-state index contributed by atoms with van der Waals surface area (Å²) in [5.41, 5.74) is 7.16. The van der Waals surface area contributed by atoms with Gasteiger partial charge in [-0.05, 0) is 122 Å². The molecule has 3 N–H and O–H groups in total. The van der Waals surface area contributed by atoms with Gasteiger partial charge in [-0.1, -0.05) is 46.6 Å². The van der Waals surface area contributed by atoms with E-state index in [4.69, 9.17) is 10.5 Å². The minimum Gasteiger partial charge on any atom is -0.505 e. The second-order valence-electron chi connectivity index (χ2n) is 15.1. The highest BCUT2D eigenvalue weighted by atomic mass is 19.1. The van der Waals surface area contributed by atoms with Gasteiger partial charge >= 0.3 is 5.97 Å². The quantitative estimate of drug-likeness (QED) is 0.303. The van der Waals surface area contributed by atoms with Gasteiger partial charge in [0.05, 0.1) is 13.7 Å². The van der Waals surface area contributed by atoms with E-state index in [0.29, 0.717) is 16.9 Å². The number of amides is 1.